The summed E-state index contributed by atoms with van der Waals surface area (Å²) >= 11 is 0. The highest BCUT2D eigenvalue weighted by Gasteiger charge is 2.35. The maximum Gasteiger partial charge on any atom is 0.223 e. The van der Waals surface area contributed by atoms with Crippen LogP contribution in [0.15, 0.2) is 0 Å². The molecule has 2 saturated carbocycles. The lowest BCUT2D eigenvalue weighted by Crippen LogP contribution is -2.43. The summed E-state index contributed by atoms with van der Waals surface area (Å²) in [6, 6.07) is 1.17. The third-order valence-corrected chi connectivity index (χ3v) is 5.71. The zero-order valence-electron chi connectivity index (χ0n) is 12.5. The summed E-state index contributed by atoms with van der Waals surface area (Å²) in [4.78, 5) is 15.0. The van der Waals surface area contributed by atoms with Gasteiger partial charge in [0.05, 0.1) is 0 Å². The molecule has 4 heteroatoms. The van der Waals surface area contributed by atoms with Gasteiger partial charge in [0.1, 0.15) is 0 Å². The molecule has 0 aromatic heterocycles. The first-order valence-corrected chi connectivity index (χ1v) is 8.52. The minimum atomic E-state index is 0.181. The number of nitrogens with one attached hydrogen (secondary N) is 1. The number of rotatable bonds is 4. The fourth-order valence-electron chi connectivity index (χ4n) is 4.48. The van der Waals surface area contributed by atoms with Gasteiger partial charge in [-0.15, -0.1) is 0 Å². The summed E-state index contributed by atoms with van der Waals surface area (Å²) in [5.41, 5.74) is 5.79. The van der Waals surface area contributed by atoms with Crippen LogP contribution >= 0.6 is 0 Å². The molecule has 0 bridgehead atoms. The summed E-state index contributed by atoms with van der Waals surface area (Å²) in [5, 5.41) is 3.30. The van der Waals surface area contributed by atoms with Gasteiger partial charge in [-0.3, -0.25) is 9.69 Å². The Kier molecular flexibility index (Phi) is 4.61. The van der Waals surface area contributed by atoms with Crippen LogP contribution < -0.4 is 11.1 Å². The molecule has 1 heterocycles. The quantitative estimate of drug-likeness (QED) is 0.820. The summed E-state index contributed by atoms with van der Waals surface area (Å²) < 4.78 is 0. The predicted molar refractivity (Wildman–Crippen MR) is 80.3 cm³/mol. The SMILES string of the molecule is NC[C@H]1CCC[C@H]1C(=O)NC1CCN(C2CCCC2)C1. The van der Waals surface area contributed by atoms with E-state index >= 15 is 0 Å². The normalized spacial score (nSPS) is 35.8. The molecule has 4 nitrogen and oxygen atoms in total. The Morgan fingerprint density at radius 1 is 1.10 bits per heavy atom. The lowest BCUT2D eigenvalue weighted by atomic mass is 9.95. The second-order valence-corrected chi connectivity index (χ2v) is 6.96. The predicted octanol–water partition coefficient (Wildman–Crippen LogP) is 1.49. The fourth-order valence-corrected chi connectivity index (χ4v) is 4.48. The number of carbonyl (C=O) groups is 1. The van der Waals surface area contributed by atoms with Crippen molar-refractivity contribution < 1.29 is 4.79 Å². The van der Waals surface area contributed by atoms with Crippen molar-refractivity contribution in [1.82, 2.24) is 10.2 Å². The van der Waals surface area contributed by atoms with Crippen LogP contribution in [-0.4, -0.2) is 42.5 Å². The zero-order valence-corrected chi connectivity index (χ0v) is 12.5. The van der Waals surface area contributed by atoms with Gasteiger partial charge in [0.25, 0.3) is 0 Å². The van der Waals surface area contributed by atoms with Crippen LogP contribution in [-0.2, 0) is 4.79 Å². The molecule has 3 atom stereocenters. The summed E-state index contributed by atoms with van der Waals surface area (Å²) in [6.07, 6.45) is 9.95. The molecule has 2 aliphatic carbocycles. The first-order chi connectivity index (χ1) is 9.78. The average Bonchev–Trinajstić information content (AvgIpc) is 3.19. The van der Waals surface area contributed by atoms with Crippen molar-refractivity contribution in [1.29, 1.82) is 0 Å². The highest BCUT2D eigenvalue weighted by Crippen LogP contribution is 2.31. The van der Waals surface area contributed by atoms with Crippen molar-refractivity contribution in [2.24, 2.45) is 17.6 Å². The number of nitrogens with zero attached hydrogens (tertiary/aromatic N) is 1. The van der Waals surface area contributed by atoms with E-state index in [0.717, 1.165) is 31.8 Å². The highest BCUT2D eigenvalue weighted by atomic mass is 16.2. The van der Waals surface area contributed by atoms with Gasteiger partial charge < -0.3 is 11.1 Å². The molecule has 1 saturated heterocycles. The topological polar surface area (TPSA) is 58.4 Å². The van der Waals surface area contributed by atoms with E-state index in [0.29, 0.717) is 18.5 Å². The molecule has 0 aromatic carbocycles. The molecule has 0 radical (unpaired) electrons. The van der Waals surface area contributed by atoms with Gasteiger partial charge in [0.2, 0.25) is 5.91 Å². The number of nitrogens with two attached hydrogens (primary N) is 1. The third-order valence-electron chi connectivity index (χ3n) is 5.71. The van der Waals surface area contributed by atoms with Crippen LogP contribution in [0.2, 0.25) is 0 Å². The van der Waals surface area contributed by atoms with E-state index in [-0.39, 0.29) is 11.8 Å². The van der Waals surface area contributed by atoms with E-state index < -0.39 is 0 Å². The van der Waals surface area contributed by atoms with Gasteiger partial charge in [-0.25, -0.2) is 0 Å². The Balaban J connectivity index is 1.47. The number of likely N-dealkylation sites (tertiary alicyclic amines) is 1. The van der Waals surface area contributed by atoms with Gasteiger partial charge in [-0.1, -0.05) is 19.3 Å². The molecule has 0 aromatic rings. The molecule has 3 aliphatic rings. The molecule has 3 rings (SSSR count). The first-order valence-electron chi connectivity index (χ1n) is 8.52. The molecule has 3 fully saturated rings. The molecule has 3 N–H and O–H groups in total. The van der Waals surface area contributed by atoms with Crippen molar-refractivity contribution in [3.63, 3.8) is 0 Å². The largest absolute Gasteiger partial charge is 0.352 e. The van der Waals surface area contributed by atoms with Crippen molar-refractivity contribution in [3.05, 3.63) is 0 Å². The van der Waals surface area contributed by atoms with Crippen molar-refractivity contribution in [2.75, 3.05) is 19.6 Å². The van der Waals surface area contributed by atoms with E-state index in [9.17, 15) is 4.79 Å². The Hall–Kier alpha value is -0.610. The Labute approximate surface area is 122 Å². The van der Waals surface area contributed by atoms with Gasteiger partial charge in [0.15, 0.2) is 0 Å². The average molecular weight is 279 g/mol. The van der Waals surface area contributed by atoms with E-state index in [1.54, 1.807) is 0 Å². The minimum absolute atomic E-state index is 0.181. The molecule has 1 amide bonds. The van der Waals surface area contributed by atoms with Crippen LogP contribution in [0.4, 0.5) is 0 Å². The fraction of sp³-hybridized carbons (Fsp3) is 0.938. The Morgan fingerprint density at radius 2 is 1.90 bits per heavy atom. The van der Waals surface area contributed by atoms with Crippen LogP contribution in [0.3, 0.4) is 0 Å². The Morgan fingerprint density at radius 3 is 2.65 bits per heavy atom. The van der Waals surface area contributed by atoms with Crippen LogP contribution in [0.25, 0.3) is 0 Å². The maximum absolute atomic E-state index is 12.4. The third kappa shape index (κ3) is 3.01. The zero-order chi connectivity index (χ0) is 13.9. The van der Waals surface area contributed by atoms with E-state index in [1.165, 1.54) is 38.6 Å². The second-order valence-electron chi connectivity index (χ2n) is 6.96. The van der Waals surface area contributed by atoms with Crippen molar-refractivity contribution in [3.8, 4) is 0 Å². The smallest absolute Gasteiger partial charge is 0.223 e. The molecule has 0 spiro atoms. The monoisotopic (exact) mass is 279 g/mol. The standard InChI is InChI=1S/C16H29N3O/c17-10-12-4-3-7-15(12)16(20)18-13-8-9-19(11-13)14-5-1-2-6-14/h12-15H,1-11,17H2,(H,18,20)/t12-,13?,15-/m1/s1. The van der Waals surface area contributed by atoms with Crippen LogP contribution in [0.1, 0.15) is 51.4 Å². The van der Waals surface area contributed by atoms with E-state index in [4.69, 9.17) is 5.73 Å². The minimum Gasteiger partial charge on any atom is -0.352 e. The molecular formula is C16H29N3O. The number of carbonyl (C=O) groups excluding carboxylic acids is 1. The number of hydrogen-bond donors (Lipinski definition) is 2. The number of amides is 1. The molecule has 114 valence electrons. The molecule has 1 aliphatic heterocycles. The van der Waals surface area contributed by atoms with Gasteiger partial charge in [0, 0.05) is 31.1 Å². The lowest BCUT2D eigenvalue weighted by molar-refractivity contribution is -0.126. The highest BCUT2D eigenvalue weighted by molar-refractivity contribution is 5.79. The van der Waals surface area contributed by atoms with E-state index in [1.807, 2.05) is 0 Å². The molecule has 1 unspecified atom stereocenters. The number of hydrogen-bond acceptors (Lipinski definition) is 3. The summed E-state index contributed by atoms with van der Waals surface area (Å²) in [5.74, 6) is 0.874. The van der Waals surface area contributed by atoms with Gasteiger partial charge in [-0.2, -0.15) is 0 Å². The molecule has 20 heavy (non-hydrogen) atoms. The lowest BCUT2D eigenvalue weighted by Gasteiger charge is -2.24. The van der Waals surface area contributed by atoms with Gasteiger partial charge in [-0.05, 0) is 44.6 Å². The first kappa shape index (κ1) is 14.3. The van der Waals surface area contributed by atoms with Crippen molar-refractivity contribution in [2.45, 2.75) is 63.5 Å². The molecular weight excluding hydrogens is 250 g/mol. The van der Waals surface area contributed by atoms with E-state index in [2.05, 4.69) is 10.2 Å². The summed E-state index contributed by atoms with van der Waals surface area (Å²) in [7, 11) is 0. The second kappa shape index (κ2) is 6.44. The summed E-state index contributed by atoms with van der Waals surface area (Å²) in [6.45, 7) is 2.90. The van der Waals surface area contributed by atoms with Gasteiger partial charge >= 0.3 is 0 Å². The van der Waals surface area contributed by atoms with Crippen molar-refractivity contribution >= 4 is 5.91 Å². The Bertz CT molecular complexity index is 341. The van der Waals surface area contributed by atoms with Crippen LogP contribution in [0, 0.1) is 11.8 Å². The maximum atomic E-state index is 12.4. The van der Waals surface area contributed by atoms with Crippen LogP contribution in [0.5, 0.6) is 0 Å².